The lowest BCUT2D eigenvalue weighted by molar-refractivity contribution is -0.218. The molecule has 2 nitrogen and oxygen atoms in total. The van der Waals surface area contributed by atoms with Crippen LogP contribution in [-0.2, 0) is 9.78 Å². The topological polar surface area (TPSA) is 18.5 Å². The van der Waals surface area contributed by atoms with Crippen molar-refractivity contribution in [2.45, 2.75) is 12.8 Å². The first-order valence-corrected chi connectivity index (χ1v) is 4.63. The van der Waals surface area contributed by atoms with E-state index in [1.807, 2.05) is 30.4 Å². The lowest BCUT2D eigenvalue weighted by Crippen LogP contribution is -2.03. The average Bonchev–Trinajstić information content (AvgIpc) is 2.30. The highest BCUT2D eigenvalue weighted by Crippen LogP contribution is 2.25. The van der Waals surface area contributed by atoms with Crippen molar-refractivity contribution in [2.24, 2.45) is 0 Å². The smallest absolute Gasteiger partial charge is 0.162 e. The van der Waals surface area contributed by atoms with E-state index in [9.17, 15) is 0 Å². The number of hydrogen-bond acceptors (Lipinski definition) is 2. The van der Waals surface area contributed by atoms with Crippen molar-refractivity contribution < 1.29 is 9.78 Å². The van der Waals surface area contributed by atoms with Gasteiger partial charge in [-0.05, 0) is 17.7 Å². The van der Waals surface area contributed by atoms with Crippen molar-refractivity contribution in [3.05, 3.63) is 60.1 Å². The summed E-state index contributed by atoms with van der Waals surface area (Å²) in [5.41, 5.74) is 1.22. The van der Waals surface area contributed by atoms with Crippen LogP contribution in [0.2, 0.25) is 0 Å². The molecule has 0 aliphatic carbocycles. The van der Waals surface area contributed by atoms with Gasteiger partial charge in [-0.25, -0.2) is 0 Å². The predicted octanol–water partition coefficient (Wildman–Crippen LogP) is 3.15. The van der Waals surface area contributed by atoms with Gasteiger partial charge in [0.1, 0.15) is 6.26 Å². The van der Waals surface area contributed by atoms with Crippen molar-refractivity contribution in [3.8, 4) is 0 Å². The molecule has 0 amide bonds. The first-order valence-electron chi connectivity index (χ1n) is 4.63. The van der Waals surface area contributed by atoms with Crippen LogP contribution >= 0.6 is 0 Å². The molecule has 2 heteroatoms. The first-order chi connectivity index (χ1) is 6.88. The minimum Gasteiger partial charge on any atom is -0.298 e. The molecular weight excluding hydrogens is 176 g/mol. The average molecular weight is 188 g/mol. The Morgan fingerprint density at radius 3 is 2.57 bits per heavy atom. The lowest BCUT2D eigenvalue weighted by Gasteiger charge is -2.16. The third-order valence-electron chi connectivity index (χ3n) is 2.27. The Labute approximate surface area is 83.4 Å². The molecule has 14 heavy (non-hydrogen) atoms. The molecule has 0 spiro atoms. The SMILES string of the molecule is CC(C1=CC=COO1)c1ccccc1. The van der Waals surface area contributed by atoms with Gasteiger partial charge in [-0.15, -0.1) is 0 Å². The summed E-state index contributed by atoms with van der Waals surface area (Å²) in [4.78, 5) is 9.84. The second kappa shape index (κ2) is 4.01. The number of hydrogen-bond donors (Lipinski definition) is 0. The highest BCUT2D eigenvalue weighted by Gasteiger charge is 2.14. The van der Waals surface area contributed by atoms with Crippen LogP contribution < -0.4 is 0 Å². The molecule has 1 heterocycles. The van der Waals surface area contributed by atoms with E-state index < -0.39 is 0 Å². The van der Waals surface area contributed by atoms with Crippen molar-refractivity contribution in [1.82, 2.24) is 0 Å². The van der Waals surface area contributed by atoms with Gasteiger partial charge >= 0.3 is 0 Å². The lowest BCUT2D eigenvalue weighted by atomic mass is 9.99. The Morgan fingerprint density at radius 1 is 1.14 bits per heavy atom. The van der Waals surface area contributed by atoms with Crippen molar-refractivity contribution in [3.63, 3.8) is 0 Å². The predicted molar refractivity (Wildman–Crippen MR) is 54.3 cm³/mol. The second-order valence-corrected chi connectivity index (χ2v) is 3.21. The maximum atomic E-state index is 5.07. The zero-order valence-corrected chi connectivity index (χ0v) is 8.01. The molecule has 0 N–H and O–H groups in total. The largest absolute Gasteiger partial charge is 0.298 e. The quantitative estimate of drug-likeness (QED) is 0.664. The summed E-state index contributed by atoms with van der Waals surface area (Å²) in [5, 5.41) is 0. The van der Waals surface area contributed by atoms with Crippen molar-refractivity contribution in [1.29, 1.82) is 0 Å². The van der Waals surface area contributed by atoms with E-state index in [2.05, 4.69) is 19.1 Å². The van der Waals surface area contributed by atoms with Gasteiger partial charge in [0, 0.05) is 5.92 Å². The fraction of sp³-hybridized carbons (Fsp3) is 0.167. The van der Waals surface area contributed by atoms with Gasteiger partial charge in [0.15, 0.2) is 5.76 Å². The molecule has 1 aliphatic rings. The van der Waals surface area contributed by atoms with Crippen LogP contribution in [0.4, 0.5) is 0 Å². The summed E-state index contributed by atoms with van der Waals surface area (Å²) < 4.78 is 0. The molecule has 0 fully saturated rings. The molecular formula is C12H12O2. The van der Waals surface area contributed by atoms with Gasteiger partial charge in [0.25, 0.3) is 0 Å². The van der Waals surface area contributed by atoms with E-state index in [1.54, 1.807) is 0 Å². The number of allylic oxidation sites excluding steroid dienone is 3. The molecule has 0 radical (unpaired) electrons. The molecule has 1 unspecified atom stereocenters. The van der Waals surface area contributed by atoms with E-state index in [0.717, 1.165) is 5.76 Å². The van der Waals surface area contributed by atoms with E-state index in [-0.39, 0.29) is 5.92 Å². The minimum absolute atomic E-state index is 0.223. The Morgan fingerprint density at radius 2 is 1.93 bits per heavy atom. The first kappa shape index (κ1) is 8.88. The third-order valence-corrected chi connectivity index (χ3v) is 2.27. The summed E-state index contributed by atoms with van der Waals surface area (Å²) in [6, 6.07) is 10.2. The third kappa shape index (κ3) is 1.79. The molecule has 0 saturated heterocycles. The van der Waals surface area contributed by atoms with Crippen LogP contribution in [0.5, 0.6) is 0 Å². The highest BCUT2D eigenvalue weighted by molar-refractivity contribution is 5.27. The van der Waals surface area contributed by atoms with Crippen LogP contribution in [0.3, 0.4) is 0 Å². The molecule has 1 aromatic rings. The van der Waals surface area contributed by atoms with Gasteiger partial charge in [-0.2, -0.15) is 0 Å². The van der Waals surface area contributed by atoms with Gasteiger partial charge in [-0.1, -0.05) is 37.3 Å². The summed E-state index contributed by atoms with van der Waals surface area (Å²) in [6.45, 7) is 2.09. The van der Waals surface area contributed by atoms with Gasteiger partial charge < -0.3 is 0 Å². The summed E-state index contributed by atoms with van der Waals surface area (Å²) in [5.74, 6) is 1.06. The Kier molecular flexibility index (Phi) is 2.54. The van der Waals surface area contributed by atoms with E-state index in [1.165, 1.54) is 11.8 Å². The molecule has 1 aromatic carbocycles. The number of benzene rings is 1. The maximum absolute atomic E-state index is 5.07. The molecule has 0 saturated carbocycles. The normalized spacial score (nSPS) is 16.5. The Hall–Kier alpha value is -1.70. The second-order valence-electron chi connectivity index (χ2n) is 3.21. The summed E-state index contributed by atoms with van der Waals surface area (Å²) in [7, 11) is 0. The summed E-state index contributed by atoms with van der Waals surface area (Å²) in [6.07, 6.45) is 5.26. The fourth-order valence-corrected chi connectivity index (χ4v) is 1.40. The van der Waals surface area contributed by atoms with Crippen LogP contribution in [0.25, 0.3) is 0 Å². The van der Waals surface area contributed by atoms with Gasteiger partial charge in [0.2, 0.25) is 0 Å². The van der Waals surface area contributed by atoms with Crippen LogP contribution in [0, 0.1) is 0 Å². The maximum Gasteiger partial charge on any atom is 0.162 e. The Balaban J connectivity index is 2.19. The monoisotopic (exact) mass is 188 g/mol. The van der Waals surface area contributed by atoms with E-state index >= 15 is 0 Å². The van der Waals surface area contributed by atoms with Crippen LogP contribution in [0.1, 0.15) is 18.4 Å². The van der Waals surface area contributed by atoms with Crippen molar-refractivity contribution >= 4 is 0 Å². The van der Waals surface area contributed by atoms with Crippen LogP contribution in [-0.4, -0.2) is 0 Å². The fourth-order valence-electron chi connectivity index (χ4n) is 1.40. The van der Waals surface area contributed by atoms with E-state index in [0.29, 0.717) is 0 Å². The minimum atomic E-state index is 0.223. The van der Waals surface area contributed by atoms with E-state index in [4.69, 9.17) is 9.78 Å². The molecule has 0 bridgehead atoms. The molecule has 1 aliphatic heterocycles. The van der Waals surface area contributed by atoms with Gasteiger partial charge in [-0.3, -0.25) is 9.78 Å². The molecule has 2 rings (SSSR count). The van der Waals surface area contributed by atoms with Gasteiger partial charge in [0.05, 0.1) is 0 Å². The van der Waals surface area contributed by atoms with Crippen LogP contribution in [0.15, 0.2) is 54.5 Å². The highest BCUT2D eigenvalue weighted by atomic mass is 17.2. The molecule has 72 valence electrons. The molecule has 0 aromatic heterocycles. The molecule has 1 atom stereocenters. The summed E-state index contributed by atoms with van der Waals surface area (Å²) >= 11 is 0. The van der Waals surface area contributed by atoms with Crippen molar-refractivity contribution in [2.75, 3.05) is 0 Å². The zero-order valence-electron chi connectivity index (χ0n) is 8.01. The number of rotatable bonds is 2. The standard InChI is InChI=1S/C12H12O2/c1-10(11-6-3-2-4-7-11)12-8-5-9-13-14-12/h2-10H,1H3. The zero-order chi connectivity index (χ0) is 9.80. The Bertz CT molecular complexity index is 352.